The highest BCUT2D eigenvalue weighted by molar-refractivity contribution is 7.85. The lowest BCUT2D eigenvalue weighted by molar-refractivity contribution is -0.703. The van der Waals surface area contributed by atoms with Crippen molar-refractivity contribution in [1.82, 2.24) is 0 Å². The molecule has 0 fully saturated rings. The van der Waals surface area contributed by atoms with Crippen molar-refractivity contribution in [3.63, 3.8) is 0 Å². The third kappa shape index (κ3) is 6.45. The van der Waals surface area contributed by atoms with Crippen molar-refractivity contribution in [2.24, 2.45) is 0 Å². The fraction of sp³-hybridized carbons (Fsp3) is 0.389. The average Bonchev–Trinajstić information content (AvgIpc) is 2.55. The molecule has 1 atom stereocenters. The van der Waals surface area contributed by atoms with Crippen LogP contribution in [0.1, 0.15) is 16.7 Å². The Hall–Kier alpha value is -1.96. The number of nitrogens with zero attached hydrogens (tertiary/aromatic N) is 1. The van der Waals surface area contributed by atoms with Gasteiger partial charge >= 0.3 is 0 Å². The van der Waals surface area contributed by atoms with E-state index in [0.717, 1.165) is 22.4 Å². The number of rotatable bonds is 8. The minimum Gasteiger partial charge on any atom is -0.490 e. The van der Waals surface area contributed by atoms with Crippen LogP contribution in [0.5, 0.6) is 5.75 Å². The lowest BCUT2D eigenvalue weighted by Crippen LogP contribution is -2.41. The molecule has 1 aromatic heterocycles. The van der Waals surface area contributed by atoms with Crippen LogP contribution in [0.15, 0.2) is 42.7 Å². The Bertz CT molecular complexity index is 803. The summed E-state index contributed by atoms with van der Waals surface area (Å²) in [4.78, 5) is 0. The van der Waals surface area contributed by atoms with E-state index in [0.29, 0.717) is 6.54 Å². The quantitative estimate of drug-likeness (QED) is 0.546. The third-order valence-electron chi connectivity index (χ3n) is 4.02. The summed E-state index contributed by atoms with van der Waals surface area (Å²) in [7, 11) is -3.96. The number of hydrogen-bond donors (Lipinski definition) is 2. The average molecular weight is 366 g/mol. The number of aromatic nitrogens is 1. The molecule has 2 aromatic rings. The Morgan fingerprint density at radius 1 is 1.16 bits per heavy atom. The molecule has 136 valence electrons. The second kappa shape index (κ2) is 8.42. The number of aliphatic hydroxyl groups is 1. The van der Waals surface area contributed by atoms with E-state index in [9.17, 15) is 13.5 Å². The maximum atomic E-state index is 10.8. The van der Waals surface area contributed by atoms with Crippen LogP contribution in [0.25, 0.3) is 0 Å². The summed E-state index contributed by atoms with van der Waals surface area (Å²) in [5.41, 5.74) is 3.00. The monoisotopic (exact) mass is 366 g/mol. The predicted molar refractivity (Wildman–Crippen MR) is 94.2 cm³/mol. The van der Waals surface area contributed by atoms with Gasteiger partial charge in [-0.05, 0) is 43.0 Å². The van der Waals surface area contributed by atoms with E-state index in [4.69, 9.17) is 9.29 Å². The second-order valence-electron chi connectivity index (χ2n) is 6.10. The van der Waals surface area contributed by atoms with Gasteiger partial charge in [-0.3, -0.25) is 4.55 Å². The molecule has 25 heavy (non-hydrogen) atoms. The smallest absolute Gasteiger partial charge is 0.265 e. The van der Waals surface area contributed by atoms with Gasteiger partial charge in [0.1, 0.15) is 18.5 Å². The first-order chi connectivity index (χ1) is 11.7. The molecule has 0 aliphatic heterocycles. The standard InChI is InChI=1S/C18H23NO5S/c1-14-4-3-5-18(15(14)2)24-13-17(20)12-19-9-6-16(7-10-19)8-11-25(21,22)23/h3-7,9-10,17,20H,8,11-13H2,1-2H3/p+1. The van der Waals surface area contributed by atoms with E-state index < -0.39 is 16.2 Å². The van der Waals surface area contributed by atoms with Gasteiger partial charge in [0.2, 0.25) is 0 Å². The van der Waals surface area contributed by atoms with Gasteiger partial charge in [-0.15, -0.1) is 0 Å². The zero-order valence-corrected chi connectivity index (χ0v) is 15.2. The van der Waals surface area contributed by atoms with Gasteiger partial charge in [0, 0.05) is 12.1 Å². The van der Waals surface area contributed by atoms with Crippen LogP contribution in [0.4, 0.5) is 0 Å². The first-order valence-corrected chi connectivity index (χ1v) is 9.66. The molecule has 0 saturated heterocycles. The second-order valence-corrected chi connectivity index (χ2v) is 7.67. The molecule has 2 N–H and O–H groups in total. The summed E-state index contributed by atoms with van der Waals surface area (Å²) in [6.07, 6.45) is 3.10. The maximum Gasteiger partial charge on any atom is 0.265 e. The molecule has 7 heteroatoms. The maximum absolute atomic E-state index is 10.8. The molecule has 0 spiro atoms. The normalized spacial score (nSPS) is 12.8. The van der Waals surface area contributed by atoms with E-state index in [1.165, 1.54) is 0 Å². The van der Waals surface area contributed by atoms with E-state index in [2.05, 4.69) is 0 Å². The van der Waals surface area contributed by atoms with Crippen LogP contribution in [-0.2, 0) is 23.1 Å². The largest absolute Gasteiger partial charge is 0.490 e. The first kappa shape index (κ1) is 19.4. The minimum absolute atomic E-state index is 0.182. The molecule has 0 saturated carbocycles. The van der Waals surface area contributed by atoms with Crippen LogP contribution in [0, 0.1) is 13.8 Å². The van der Waals surface area contributed by atoms with Crippen LogP contribution >= 0.6 is 0 Å². The van der Waals surface area contributed by atoms with Crippen molar-refractivity contribution >= 4 is 10.1 Å². The number of hydrogen-bond acceptors (Lipinski definition) is 4. The van der Waals surface area contributed by atoms with Crippen LogP contribution in [-0.4, -0.2) is 36.5 Å². The first-order valence-electron chi connectivity index (χ1n) is 8.05. The molecule has 6 nitrogen and oxygen atoms in total. The number of aryl methyl sites for hydroxylation is 2. The lowest BCUT2D eigenvalue weighted by atomic mass is 10.1. The Kier molecular flexibility index (Phi) is 6.52. The number of ether oxygens (including phenoxy) is 1. The summed E-state index contributed by atoms with van der Waals surface area (Å²) >= 11 is 0. The van der Waals surface area contributed by atoms with Gasteiger partial charge in [0.25, 0.3) is 10.1 Å². The van der Waals surface area contributed by atoms with Crippen molar-refractivity contribution in [2.45, 2.75) is 32.9 Å². The third-order valence-corrected chi connectivity index (χ3v) is 4.74. The van der Waals surface area contributed by atoms with Crippen molar-refractivity contribution in [2.75, 3.05) is 12.4 Å². The highest BCUT2D eigenvalue weighted by atomic mass is 32.2. The number of aliphatic hydroxyl groups excluding tert-OH is 1. The molecular weight excluding hydrogens is 342 g/mol. The van der Waals surface area contributed by atoms with Gasteiger partial charge in [0.15, 0.2) is 18.9 Å². The topological polar surface area (TPSA) is 87.7 Å². The molecule has 1 heterocycles. The number of pyridine rings is 1. The van der Waals surface area contributed by atoms with Gasteiger partial charge in [-0.1, -0.05) is 12.1 Å². The van der Waals surface area contributed by atoms with Crippen LogP contribution in [0.3, 0.4) is 0 Å². The molecule has 0 bridgehead atoms. The molecule has 0 radical (unpaired) electrons. The van der Waals surface area contributed by atoms with E-state index in [1.54, 1.807) is 29.1 Å². The van der Waals surface area contributed by atoms with Gasteiger partial charge < -0.3 is 9.84 Å². The highest BCUT2D eigenvalue weighted by Crippen LogP contribution is 2.20. The summed E-state index contributed by atoms with van der Waals surface area (Å²) < 4.78 is 37.8. The fourth-order valence-corrected chi connectivity index (χ4v) is 2.88. The molecule has 1 unspecified atom stereocenters. The van der Waals surface area contributed by atoms with Crippen molar-refractivity contribution in [3.05, 3.63) is 59.4 Å². The van der Waals surface area contributed by atoms with Crippen molar-refractivity contribution in [3.8, 4) is 5.75 Å². The molecule has 0 amide bonds. The van der Waals surface area contributed by atoms with Crippen LogP contribution in [0.2, 0.25) is 0 Å². The predicted octanol–water partition coefficient (Wildman–Crippen LogP) is 1.46. The highest BCUT2D eigenvalue weighted by Gasteiger charge is 2.13. The molecule has 0 aliphatic rings. The van der Waals surface area contributed by atoms with Gasteiger partial charge in [0.05, 0.1) is 5.75 Å². The summed E-state index contributed by atoms with van der Waals surface area (Å²) in [5.74, 6) is 0.466. The minimum atomic E-state index is -3.96. The molecule has 1 aromatic carbocycles. The van der Waals surface area contributed by atoms with E-state index in [1.807, 2.05) is 32.0 Å². The summed E-state index contributed by atoms with van der Waals surface area (Å²) in [6, 6.07) is 9.35. The van der Waals surface area contributed by atoms with Crippen molar-refractivity contribution in [1.29, 1.82) is 0 Å². The van der Waals surface area contributed by atoms with Gasteiger partial charge in [-0.25, -0.2) is 4.57 Å². The summed E-state index contributed by atoms with van der Waals surface area (Å²) in [5, 5.41) is 10.1. The summed E-state index contributed by atoms with van der Waals surface area (Å²) in [6.45, 7) is 4.54. The van der Waals surface area contributed by atoms with Crippen molar-refractivity contribution < 1.29 is 27.4 Å². The Morgan fingerprint density at radius 3 is 2.48 bits per heavy atom. The Morgan fingerprint density at radius 2 is 1.84 bits per heavy atom. The van der Waals surface area contributed by atoms with Gasteiger partial charge in [-0.2, -0.15) is 8.42 Å². The Labute approximate surface area is 148 Å². The zero-order chi connectivity index (χ0) is 18.4. The van der Waals surface area contributed by atoms with E-state index >= 15 is 0 Å². The number of benzene rings is 1. The van der Waals surface area contributed by atoms with Crippen LogP contribution < -0.4 is 9.30 Å². The SMILES string of the molecule is Cc1cccc(OCC(O)C[n+]2ccc(CCS(=O)(=O)O)cc2)c1C. The molecule has 2 rings (SSSR count). The molecule has 0 aliphatic carbocycles. The Balaban J connectivity index is 1.86. The molecular formula is C18H24NO5S+. The fourth-order valence-electron chi connectivity index (χ4n) is 2.39. The van der Waals surface area contributed by atoms with E-state index in [-0.39, 0.29) is 18.8 Å². The lowest BCUT2D eigenvalue weighted by Gasteiger charge is -2.13. The zero-order valence-electron chi connectivity index (χ0n) is 14.4.